The molecular weight excluding hydrogens is 448 g/mol. The average molecular weight is 472 g/mol. The average Bonchev–Trinajstić information content (AvgIpc) is 2.89. The molecule has 8 nitrogen and oxygen atoms in total. The SMILES string of the molecule is COc1ccc(C(=O)c2cn(CC(=O)Nc3cccc(OC)c3)c3ccc(OC)cc3c2=O)cc1. The molecule has 0 fully saturated rings. The van der Waals surface area contributed by atoms with Gasteiger partial charge in [0.15, 0.2) is 5.78 Å². The number of benzene rings is 3. The van der Waals surface area contributed by atoms with Crippen molar-refractivity contribution in [2.45, 2.75) is 6.54 Å². The number of methoxy groups -OCH3 is 3. The number of carbonyl (C=O) groups excluding carboxylic acids is 2. The Morgan fingerprint density at radius 1 is 0.829 bits per heavy atom. The Morgan fingerprint density at radius 2 is 1.49 bits per heavy atom. The van der Waals surface area contributed by atoms with Crippen LogP contribution in [-0.2, 0) is 11.3 Å². The normalized spacial score (nSPS) is 10.6. The van der Waals surface area contributed by atoms with Crippen LogP contribution < -0.4 is 25.0 Å². The predicted octanol–water partition coefficient (Wildman–Crippen LogP) is 3.90. The van der Waals surface area contributed by atoms with E-state index in [1.165, 1.54) is 20.4 Å². The molecule has 0 spiro atoms. The third-order valence-corrected chi connectivity index (χ3v) is 5.55. The number of ether oxygens (including phenoxy) is 3. The zero-order chi connectivity index (χ0) is 24.9. The van der Waals surface area contributed by atoms with E-state index in [1.807, 2.05) is 0 Å². The quantitative estimate of drug-likeness (QED) is 0.391. The lowest BCUT2D eigenvalue weighted by molar-refractivity contribution is -0.116. The maximum absolute atomic E-state index is 13.3. The predicted molar refractivity (Wildman–Crippen MR) is 133 cm³/mol. The number of aromatic nitrogens is 1. The fourth-order valence-electron chi connectivity index (χ4n) is 3.75. The molecule has 0 aliphatic heterocycles. The first-order valence-corrected chi connectivity index (χ1v) is 10.8. The Labute approximate surface area is 201 Å². The minimum absolute atomic E-state index is 0.0508. The van der Waals surface area contributed by atoms with E-state index in [9.17, 15) is 14.4 Å². The first-order chi connectivity index (χ1) is 16.9. The summed E-state index contributed by atoms with van der Waals surface area (Å²) in [4.78, 5) is 39.5. The summed E-state index contributed by atoms with van der Waals surface area (Å²) in [5.41, 5.74) is 0.908. The molecule has 35 heavy (non-hydrogen) atoms. The Balaban J connectivity index is 1.75. The molecule has 0 saturated heterocycles. The largest absolute Gasteiger partial charge is 0.497 e. The minimum atomic E-state index is -0.454. The maximum atomic E-state index is 13.3. The van der Waals surface area contributed by atoms with Gasteiger partial charge in [-0.1, -0.05) is 6.07 Å². The first-order valence-electron chi connectivity index (χ1n) is 10.8. The highest BCUT2D eigenvalue weighted by Gasteiger charge is 2.19. The van der Waals surface area contributed by atoms with Gasteiger partial charge >= 0.3 is 0 Å². The molecule has 0 aliphatic carbocycles. The zero-order valence-electron chi connectivity index (χ0n) is 19.5. The number of hydrogen-bond acceptors (Lipinski definition) is 6. The van der Waals surface area contributed by atoms with Crippen LogP contribution in [0.25, 0.3) is 10.9 Å². The van der Waals surface area contributed by atoms with Crippen molar-refractivity contribution in [3.63, 3.8) is 0 Å². The molecule has 0 bridgehead atoms. The van der Waals surface area contributed by atoms with Gasteiger partial charge in [0.05, 0.1) is 37.8 Å². The Hall–Kier alpha value is -4.59. The second-order valence-corrected chi connectivity index (χ2v) is 7.72. The van der Waals surface area contributed by atoms with Gasteiger partial charge in [-0.25, -0.2) is 0 Å². The van der Waals surface area contributed by atoms with Crippen molar-refractivity contribution in [2.75, 3.05) is 26.6 Å². The van der Waals surface area contributed by atoms with Gasteiger partial charge in [0.1, 0.15) is 23.8 Å². The molecule has 1 N–H and O–H groups in total. The van der Waals surface area contributed by atoms with Gasteiger partial charge in [-0.05, 0) is 54.6 Å². The molecule has 0 saturated carbocycles. The van der Waals surface area contributed by atoms with Gasteiger partial charge in [-0.3, -0.25) is 14.4 Å². The fourth-order valence-corrected chi connectivity index (χ4v) is 3.75. The Morgan fingerprint density at radius 3 is 2.17 bits per heavy atom. The first kappa shape index (κ1) is 23.6. The molecule has 8 heteroatoms. The number of carbonyl (C=O) groups is 2. The number of ketones is 1. The van der Waals surface area contributed by atoms with Gasteiger partial charge in [0.25, 0.3) is 0 Å². The molecule has 0 unspecified atom stereocenters. The van der Waals surface area contributed by atoms with Crippen LogP contribution in [0.5, 0.6) is 17.2 Å². The summed E-state index contributed by atoms with van der Waals surface area (Å²) in [6, 6.07) is 18.4. The van der Waals surface area contributed by atoms with Crippen LogP contribution in [0, 0.1) is 0 Å². The van der Waals surface area contributed by atoms with Crippen LogP contribution in [0.4, 0.5) is 5.69 Å². The molecule has 1 aromatic heterocycles. The molecule has 4 rings (SSSR count). The summed E-state index contributed by atoms with van der Waals surface area (Å²) in [6.07, 6.45) is 1.43. The molecule has 178 valence electrons. The van der Waals surface area contributed by atoms with Crippen LogP contribution in [0.3, 0.4) is 0 Å². The number of rotatable bonds is 8. The summed E-state index contributed by atoms with van der Waals surface area (Å²) in [5.74, 6) is 0.884. The van der Waals surface area contributed by atoms with Gasteiger partial charge in [0, 0.05) is 23.5 Å². The fraction of sp³-hybridized carbons (Fsp3) is 0.148. The number of nitrogens with zero attached hydrogens (tertiary/aromatic N) is 1. The topological polar surface area (TPSA) is 95.9 Å². The third-order valence-electron chi connectivity index (χ3n) is 5.55. The van der Waals surface area contributed by atoms with Crippen LogP contribution in [-0.4, -0.2) is 37.6 Å². The third kappa shape index (κ3) is 5.01. The van der Waals surface area contributed by atoms with Crippen molar-refractivity contribution in [1.29, 1.82) is 0 Å². The second-order valence-electron chi connectivity index (χ2n) is 7.72. The van der Waals surface area contributed by atoms with E-state index in [1.54, 1.807) is 78.4 Å². The number of hydrogen-bond donors (Lipinski definition) is 1. The summed E-state index contributed by atoms with van der Waals surface area (Å²) in [7, 11) is 4.57. The van der Waals surface area contributed by atoms with Crippen LogP contribution in [0.15, 0.2) is 77.7 Å². The molecule has 4 aromatic rings. The molecule has 0 aliphatic rings. The van der Waals surface area contributed by atoms with Crippen molar-refractivity contribution in [3.05, 3.63) is 94.3 Å². The van der Waals surface area contributed by atoms with Crippen molar-refractivity contribution < 1.29 is 23.8 Å². The zero-order valence-corrected chi connectivity index (χ0v) is 19.5. The van der Waals surface area contributed by atoms with E-state index in [4.69, 9.17) is 14.2 Å². The molecule has 3 aromatic carbocycles. The minimum Gasteiger partial charge on any atom is -0.497 e. The summed E-state index contributed by atoms with van der Waals surface area (Å²) in [6.45, 7) is -0.122. The van der Waals surface area contributed by atoms with E-state index in [2.05, 4.69) is 5.32 Å². The van der Waals surface area contributed by atoms with Gasteiger partial charge in [-0.15, -0.1) is 0 Å². The molecule has 1 amide bonds. The molecule has 1 heterocycles. The van der Waals surface area contributed by atoms with E-state index >= 15 is 0 Å². The van der Waals surface area contributed by atoms with Crippen LogP contribution in [0.1, 0.15) is 15.9 Å². The van der Waals surface area contributed by atoms with E-state index in [0.717, 1.165) is 0 Å². The van der Waals surface area contributed by atoms with Gasteiger partial charge in [0.2, 0.25) is 11.3 Å². The van der Waals surface area contributed by atoms with Crippen molar-refractivity contribution in [2.24, 2.45) is 0 Å². The highest BCUT2D eigenvalue weighted by atomic mass is 16.5. The Bertz CT molecular complexity index is 1460. The summed E-state index contributed by atoms with van der Waals surface area (Å²) in [5, 5.41) is 3.09. The van der Waals surface area contributed by atoms with Crippen molar-refractivity contribution >= 4 is 28.3 Å². The Kier molecular flexibility index (Phi) is 6.82. The molecule has 0 atom stereocenters. The number of fused-ring (bicyclic) bond motifs is 1. The van der Waals surface area contributed by atoms with Crippen LogP contribution in [0.2, 0.25) is 0 Å². The maximum Gasteiger partial charge on any atom is 0.244 e. The molecule has 0 radical (unpaired) electrons. The highest BCUT2D eigenvalue weighted by Crippen LogP contribution is 2.22. The second kappa shape index (κ2) is 10.1. The van der Waals surface area contributed by atoms with E-state index < -0.39 is 11.2 Å². The number of anilines is 1. The van der Waals surface area contributed by atoms with Crippen molar-refractivity contribution in [3.8, 4) is 17.2 Å². The lowest BCUT2D eigenvalue weighted by atomic mass is 10.0. The monoisotopic (exact) mass is 472 g/mol. The lowest BCUT2D eigenvalue weighted by Crippen LogP contribution is -2.24. The summed E-state index contributed by atoms with van der Waals surface area (Å²) >= 11 is 0. The van der Waals surface area contributed by atoms with E-state index in [-0.39, 0.29) is 23.4 Å². The highest BCUT2D eigenvalue weighted by molar-refractivity contribution is 6.10. The smallest absolute Gasteiger partial charge is 0.244 e. The number of nitrogens with one attached hydrogen (secondary N) is 1. The van der Waals surface area contributed by atoms with Gasteiger partial charge in [-0.2, -0.15) is 0 Å². The number of amides is 1. The lowest BCUT2D eigenvalue weighted by Gasteiger charge is -2.14. The standard InChI is InChI=1S/C27H24N2O6/c1-33-19-9-7-17(8-10-19)26(31)23-15-29(24-12-11-21(35-3)14-22(24)27(23)32)16-25(30)28-18-5-4-6-20(13-18)34-2/h4-15H,16H2,1-3H3,(H,28,30). The van der Waals surface area contributed by atoms with E-state index in [0.29, 0.717) is 34.0 Å². The summed E-state index contributed by atoms with van der Waals surface area (Å²) < 4.78 is 17.2. The number of pyridine rings is 1. The molecular formula is C27H24N2O6. The van der Waals surface area contributed by atoms with Gasteiger partial charge < -0.3 is 24.1 Å². The van der Waals surface area contributed by atoms with Crippen LogP contribution >= 0.6 is 0 Å². The van der Waals surface area contributed by atoms with Crippen molar-refractivity contribution in [1.82, 2.24) is 4.57 Å².